The highest BCUT2D eigenvalue weighted by Crippen LogP contribution is 2.31. The van der Waals surface area contributed by atoms with Crippen LogP contribution in [-0.2, 0) is 16.3 Å². The van der Waals surface area contributed by atoms with Gasteiger partial charge in [-0.1, -0.05) is 24.3 Å². The second-order valence-electron chi connectivity index (χ2n) is 7.30. The Morgan fingerprint density at radius 2 is 1.90 bits per heavy atom. The van der Waals surface area contributed by atoms with Crippen LogP contribution in [0.15, 0.2) is 57.7 Å². The number of hydrogen-bond acceptors (Lipinski definition) is 5. The Labute approximate surface area is 167 Å². The van der Waals surface area contributed by atoms with Crippen LogP contribution >= 0.6 is 0 Å². The number of nitrogens with one attached hydrogen (secondary N) is 1. The molecule has 1 aliphatic heterocycles. The number of oxazole rings is 1. The summed E-state index contributed by atoms with van der Waals surface area (Å²) in [5, 5.41) is 2.85. The van der Waals surface area contributed by atoms with Gasteiger partial charge in [0.1, 0.15) is 0 Å². The smallest absolute Gasteiger partial charge is 0.408 e. The van der Waals surface area contributed by atoms with Crippen molar-refractivity contribution < 1.29 is 14.0 Å². The van der Waals surface area contributed by atoms with Crippen molar-refractivity contribution in [3.63, 3.8) is 0 Å². The lowest BCUT2D eigenvalue weighted by Crippen LogP contribution is -2.44. The fraction of sp³-hybridized carbons (Fsp3) is 0.286. The van der Waals surface area contributed by atoms with Crippen LogP contribution in [0.3, 0.4) is 0 Å². The Bertz CT molecular complexity index is 1130. The van der Waals surface area contributed by atoms with Gasteiger partial charge < -0.3 is 14.6 Å². The summed E-state index contributed by atoms with van der Waals surface area (Å²) in [6, 6.07) is 14.2. The van der Waals surface area contributed by atoms with Crippen molar-refractivity contribution in [2.75, 3.05) is 23.8 Å². The second kappa shape index (κ2) is 7.56. The van der Waals surface area contributed by atoms with Crippen molar-refractivity contribution >= 4 is 34.3 Å². The predicted molar refractivity (Wildman–Crippen MR) is 110 cm³/mol. The molecule has 8 heteroatoms. The molecule has 1 atom stereocenters. The minimum absolute atomic E-state index is 0.0822. The van der Waals surface area contributed by atoms with E-state index in [0.29, 0.717) is 22.5 Å². The van der Waals surface area contributed by atoms with E-state index in [9.17, 15) is 14.4 Å². The van der Waals surface area contributed by atoms with E-state index in [-0.39, 0.29) is 37.5 Å². The molecule has 0 unspecified atom stereocenters. The van der Waals surface area contributed by atoms with E-state index < -0.39 is 5.76 Å². The Morgan fingerprint density at radius 1 is 1.17 bits per heavy atom. The summed E-state index contributed by atoms with van der Waals surface area (Å²) in [5.41, 5.74) is 2.49. The first kappa shape index (κ1) is 18.9. The topological polar surface area (TPSA) is 87.8 Å². The molecule has 2 amide bonds. The molecule has 3 aromatic rings. The van der Waals surface area contributed by atoms with E-state index in [4.69, 9.17) is 4.42 Å². The van der Waals surface area contributed by atoms with E-state index in [1.54, 1.807) is 41.1 Å². The zero-order valence-electron chi connectivity index (χ0n) is 16.3. The van der Waals surface area contributed by atoms with Crippen LogP contribution in [0.1, 0.15) is 13.3 Å². The lowest BCUT2D eigenvalue weighted by molar-refractivity contribution is -0.120. The first-order valence-corrected chi connectivity index (χ1v) is 9.42. The molecule has 2 heterocycles. The van der Waals surface area contributed by atoms with Crippen LogP contribution in [0.25, 0.3) is 11.1 Å². The first-order chi connectivity index (χ1) is 13.9. The molecule has 0 fully saturated rings. The maximum atomic E-state index is 13.2. The summed E-state index contributed by atoms with van der Waals surface area (Å²) in [7, 11) is 1.77. The number of carbonyl (C=O) groups excluding carboxylic acids is 2. The molecule has 2 aromatic carbocycles. The SMILES string of the molecule is C[C@H]1CC(=O)Nc2ccccc2N1C(=O)CN(C)Cn1c(=O)oc2ccccc21. The molecule has 4 rings (SSSR count). The zero-order chi connectivity index (χ0) is 20.5. The van der Waals surface area contributed by atoms with Gasteiger partial charge in [0.05, 0.1) is 30.1 Å². The number of benzene rings is 2. The van der Waals surface area contributed by atoms with Gasteiger partial charge in [0.2, 0.25) is 11.8 Å². The molecule has 8 nitrogen and oxygen atoms in total. The third kappa shape index (κ3) is 3.66. The van der Waals surface area contributed by atoms with E-state index in [1.165, 1.54) is 4.57 Å². The Morgan fingerprint density at radius 3 is 2.72 bits per heavy atom. The van der Waals surface area contributed by atoms with Crippen LogP contribution in [0, 0.1) is 0 Å². The van der Waals surface area contributed by atoms with Gasteiger partial charge in [-0.05, 0) is 38.2 Å². The number of amides is 2. The molecule has 1 aliphatic rings. The molecule has 0 radical (unpaired) electrons. The Balaban J connectivity index is 1.56. The summed E-state index contributed by atoms with van der Waals surface area (Å²) in [5.74, 6) is -0.733. The minimum atomic E-state index is -0.464. The number of carbonyl (C=O) groups is 2. The second-order valence-corrected chi connectivity index (χ2v) is 7.30. The molecule has 0 bridgehead atoms. The van der Waals surface area contributed by atoms with Crippen LogP contribution in [0.2, 0.25) is 0 Å². The average Bonchev–Trinajstić information content (AvgIpc) is 2.90. The van der Waals surface area contributed by atoms with Crippen molar-refractivity contribution in [1.82, 2.24) is 9.47 Å². The standard InChI is InChI=1S/C21H22N4O4/c1-14-11-19(26)22-15-7-3-4-8-16(15)25(14)20(27)12-23(2)13-24-17-9-5-6-10-18(17)29-21(24)28/h3-10,14H,11-13H2,1-2H3,(H,22,26)/t14-/m0/s1. The van der Waals surface area contributed by atoms with E-state index in [1.807, 2.05) is 31.2 Å². The number of anilines is 2. The quantitative estimate of drug-likeness (QED) is 0.733. The van der Waals surface area contributed by atoms with Crippen molar-refractivity contribution in [2.24, 2.45) is 0 Å². The number of para-hydroxylation sites is 4. The van der Waals surface area contributed by atoms with Gasteiger partial charge in [0.25, 0.3) is 0 Å². The molecule has 0 saturated heterocycles. The Kier molecular flexibility index (Phi) is 4.94. The number of rotatable bonds is 4. The summed E-state index contributed by atoms with van der Waals surface area (Å²) in [6.07, 6.45) is 0.218. The number of fused-ring (bicyclic) bond motifs is 2. The number of likely N-dealkylation sites (N-methyl/N-ethyl adjacent to an activating group) is 1. The van der Waals surface area contributed by atoms with Crippen LogP contribution in [-0.4, -0.2) is 40.9 Å². The highest BCUT2D eigenvalue weighted by atomic mass is 16.4. The van der Waals surface area contributed by atoms with E-state index >= 15 is 0 Å². The third-order valence-corrected chi connectivity index (χ3v) is 4.99. The van der Waals surface area contributed by atoms with Gasteiger partial charge in [0.15, 0.2) is 5.58 Å². The maximum Gasteiger partial charge on any atom is 0.421 e. The fourth-order valence-corrected chi connectivity index (χ4v) is 3.71. The fourth-order valence-electron chi connectivity index (χ4n) is 3.71. The highest BCUT2D eigenvalue weighted by Gasteiger charge is 2.30. The molecule has 29 heavy (non-hydrogen) atoms. The highest BCUT2D eigenvalue weighted by molar-refractivity contribution is 6.04. The van der Waals surface area contributed by atoms with Crippen LogP contribution in [0.5, 0.6) is 0 Å². The Hall–Kier alpha value is -3.39. The summed E-state index contributed by atoms with van der Waals surface area (Å²) < 4.78 is 6.75. The third-order valence-electron chi connectivity index (χ3n) is 4.99. The molecule has 0 aliphatic carbocycles. The zero-order valence-corrected chi connectivity index (χ0v) is 16.3. The molecule has 1 N–H and O–H groups in total. The van der Waals surface area contributed by atoms with Crippen LogP contribution in [0.4, 0.5) is 11.4 Å². The van der Waals surface area contributed by atoms with Crippen molar-refractivity contribution in [1.29, 1.82) is 0 Å². The average molecular weight is 394 g/mol. The van der Waals surface area contributed by atoms with Gasteiger partial charge in [-0.25, -0.2) is 4.79 Å². The van der Waals surface area contributed by atoms with Crippen molar-refractivity contribution in [2.45, 2.75) is 26.1 Å². The lowest BCUT2D eigenvalue weighted by Gasteiger charge is -2.29. The molecule has 0 spiro atoms. The van der Waals surface area contributed by atoms with Gasteiger partial charge in [-0.3, -0.25) is 19.1 Å². The van der Waals surface area contributed by atoms with Gasteiger partial charge in [0, 0.05) is 12.5 Å². The first-order valence-electron chi connectivity index (χ1n) is 9.42. The van der Waals surface area contributed by atoms with Gasteiger partial charge in [-0.15, -0.1) is 0 Å². The lowest BCUT2D eigenvalue weighted by atomic mass is 10.1. The van der Waals surface area contributed by atoms with Gasteiger partial charge in [-0.2, -0.15) is 0 Å². The van der Waals surface area contributed by atoms with Crippen molar-refractivity contribution in [3.05, 3.63) is 59.1 Å². The normalized spacial score (nSPS) is 16.6. The predicted octanol–water partition coefficient (Wildman–Crippen LogP) is 2.25. The van der Waals surface area contributed by atoms with Crippen molar-refractivity contribution in [3.8, 4) is 0 Å². The molecular weight excluding hydrogens is 372 g/mol. The molecular formula is C21H22N4O4. The number of hydrogen-bond donors (Lipinski definition) is 1. The molecule has 0 saturated carbocycles. The summed E-state index contributed by atoms with van der Waals surface area (Å²) >= 11 is 0. The number of aromatic nitrogens is 1. The largest absolute Gasteiger partial charge is 0.421 e. The van der Waals surface area contributed by atoms with Gasteiger partial charge >= 0.3 is 5.76 Å². The maximum absolute atomic E-state index is 13.2. The minimum Gasteiger partial charge on any atom is -0.408 e. The monoisotopic (exact) mass is 394 g/mol. The van der Waals surface area contributed by atoms with Crippen LogP contribution < -0.4 is 16.0 Å². The summed E-state index contributed by atoms with van der Waals surface area (Å²) in [4.78, 5) is 40.9. The van der Waals surface area contributed by atoms with E-state index in [2.05, 4.69) is 5.32 Å². The molecule has 150 valence electrons. The van der Waals surface area contributed by atoms with E-state index in [0.717, 1.165) is 0 Å². The molecule has 1 aromatic heterocycles. The summed E-state index contributed by atoms with van der Waals surface area (Å²) in [6.45, 7) is 2.15. The number of nitrogens with zero attached hydrogens (tertiary/aromatic N) is 3.